The summed E-state index contributed by atoms with van der Waals surface area (Å²) in [5, 5.41) is 2.77. The van der Waals surface area contributed by atoms with Crippen molar-refractivity contribution in [3.63, 3.8) is 0 Å². The Morgan fingerprint density at radius 3 is 2.67 bits per heavy atom. The number of ether oxygens (including phenoxy) is 1. The fourth-order valence-corrected chi connectivity index (χ4v) is 2.29. The number of halogens is 1. The zero-order valence-corrected chi connectivity index (χ0v) is 13.1. The van der Waals surface area contributed by atoms with Gasteiger partial charge in [-0.2, -0.15) is 0 Å². The number of imidazole rings is 1. The third kappa shape index (κ3) is 3.43. The van der Waals surface area contributed by atoms with E-state index in [9.17, 15) is 9.18 Å². The lowest BCUT2D eigenvalue weighted by Gasteiger charge is -2.08. The number of aromatic nitrogens is 2. The molecule has 2 aromatic carbocycles. The molecule has 3 rings (SSSR count). The summed E-state index contributed by atoms with van der Waals surface area (Å²) in [5.74, 6) is -0.785. The first-order valence-electron chi connectivity index (χ1n) is 7.36. The summed E-state index contributed by atoms with van der Waals surface area (Å²) in [6.45, 7) is 0.358. The minimum atomic E-state index is -0.560. The number of rotatable bonds is 5. The number of carbonyl (C=O) groups excluding carboxylic acids is 1. The lowest BCUT2D eigenvalue weighted by atomic mass is 10.1. The highest BCUT2D eigenvalue weighted by molar-refractivity contribution is 5.94. The minimum absolute atomic E-state index is 0.113. The van der Waals surface area contributed by atoms with Crippen LogP contribution in [0.15, 0.2) is 61.2 Å². The molecule has 0 saturated carbocycles. The molecule has 5 nitrogen and oxygen atoms in total. The van der Waals surface area contributed by atoms with Gasteiger partial charge in [0.25, 0.3) is 5.91 Å². The zero-order chi connectivity index (χ0) is 16.9. The van der Waals surface area contributed by atoms with Gasteiger partial charge in [0.1, 0.15) is 0 Å². The molecule has 0 atom stereocenters. The van der Waals surface area contributed by atoms with Gasteiger partial charge in [-0.3, -0.25) is 4.79 Å². The fourth-order valence-electron chi connectivity index (χ4n) is 2.29. The van der Waals surface area contributed by atoms with Crippen LogP contribution in [-0.4, -0.2) is 22.6 Å². The Labute approximate surface area is 138 Å². The first kappa shape index (κ1) is 15.7. The molecule has 1 aromatic heterocycles. The van der Waals surface area contributed by atoms with Crippen LogP contribution in [0, 0.1) is 5.82 Å². The van der Waals surface area contributed by atoms with E-state index >= 15 is 0 Å². The topological polar surface area (TPSA) is 56.1 Å². The van der Waals surface area contributed by atoms with Crippen molar-refractivity contribution in [2.24, 2.45) is 0 Å². The van der Waals surface area contributed by atoms with Crippen molar-refractivity contribution >= 4 is 5.91 Å². The number of nitrogens with zero attached hydrogens (tertiary/aromatic N) is 2. The Kier molecular flexibility index (Phi) is 4.56. The average Bonchev–Trinajstić information content (AvgIpc) is 3.14. The molecular weight excluding hydrogens is 309 g/mol. The average molecular weight is 325 g/mol. The normalized spacial score (nSPS) is 10.4. The first-order chi connectivity index (χ1) is 11.7. The van der Waals surface area contributed by atoms with Gasteiger partial charge in [-0.1, -0.05) is 12.1 Å². The van der Waals surface area contributed by atoms with E-state index in [1.54, 1.807) is 12.5 Å². The first-order valence-corrected chi connectivity index (χ1v) is 7.36. The number of methoxy groups -OCH3 is 1. The number of carbonyl (C=O) groups is 1. The predicted molar refractivity (Wildman–Crippen MR) is 87.7 cm³/mol. The SMILES string of the molecule is COc1ccc(C(=O)NCc2ccc(-n3ccnc3)cc2)cc1F. The van der Waals surface area contributed by atoms with E-state index in [0.717, 1.165) is 17.3 Å². The summed E-state index contributed by atoms with van der Waals surface area (Å²) in [5.41, 5.74) is 2.18. The molecule has 6 heteroatoms. The van der Waals surface area contributed by atoms with Gasteiger partial charge in [-0.15, -0.1) is 0 Å². The van der Waals surface area contributed by atoms with Crippen molar-refractivity contribution in [2.75, 3.05) is 7.11 Å². The van der Waals surface area contributed by atoms with Crippen molar-refractivity contribution < 1.29 is 13.9 Å². The molecule has 122 valence electrons. The van der Waals surface area contributed by atoms with E-state index in [2.05, 4.69) is 10.3 Å². The van der Waals surface area contributed by atoms with Crippen LogP contribution in [0.4, 0.5) is 4.39 Å². The highest BCUT2D eigenvalue weighted by Gasteiger charge is 2.10. The van der Waals surface area contributed by atoms with Gasteiger partial charge < -0.3 is 14.6 Å². The standard InChI is InChI=1S/C18H16FN3O2/c1-24-17-7-4-14(10-16(17)19)18(23)21-11-13-2-5-15(6-3-13)22-9-8-20-12-22/h2-10,12H,11H2,1H3,(H,21,23). The number of hydrogen-bond acceptors (Lipinski definition) is 3. The second-order valence-corrected chi connectivity index (χ2v) is 5.17. The molecule has 0 aliphatic heterocycles. The van der Waals surface area contributed by atoms with E-state index in [1.165, 1.54) is 19.2 Å². The number of benzene rings is 2. The van der Waals surface area contributed by atoms with Gasteiger partial charge in [0.2, 0.25) is 0 Å². The smallest absolute Gasteiger partial charge is 0.251 e. The molecule has 0 bridgehead atoms. The van der Waals surface area contributed by atoms with E-state index < -0.39 is 5.82 Å². The molecule has 0 fully saturated rings. The Hall–Kier alpha value is -3.15. The quantitative estimate of drug-likeness (QED) is 0.785. The molecule has 0 spiro atoms. The molecule has 24 heavy (non-hydrogen) atoms. The highest BCUT2D eigenvalue weighted by Crippen LogP contribution is 2.17. The van der Waals surface area contributed by atoms with Crippen LogP contribution in [0.25, 0.3) is 5.69 Å². The molecule has 3 aromatic rings. The van der Waals surface area contributed by atoms with E-state index in [4.69, 9.17) is 4.74 Å². The molecule has 0 aliphatic rings. The molecule has 1 N–H and O–H groups in total. The minimum Gasteiger partial charge on any atom is -0.494 e. The molecular formula is C18H16FN3O2. The summed E-state index contributed by atoms with van der Waals surface area (Å²) < 4.78 is 20.4. The summed E-state index contributed by atoms with van der Waals surface area (Å²) in [6.07, 6.45) is 5.28. The Bertz CT molecular complexity index is 830. The molecule has 0 aliphatic carbocycles. The maximum atomic E-state index is 13.6. The molecule has 0 unspecified atom stereocenters. The Morgan fingerprint density at radius 2 is 2.04 bits per heavy atom. The van der Waals surface area contributed by atoms with E-state index in [1.807, 2.05) is 35.0 Å². The lowest BCUT2D eigenvalue weighted by molar-refractivity contribution is 0.0950. The fraction of sp³-hybridized carbons (Fsp3) is 0.111. The third-order valence-corrected chi connectivity index (χ3v) is 3.61. The van der Waals surface area contributed by atoms with Gasteiger partial charge in [-0.05, 0) is 35.9 Å². The predicted octanol–water partition coefficient (Wildman–Crippen LogP) is 2.95. The van der Waals surface area contributed by atoms with Gasteiger partial charge in [-0.25, -0.2) is 9.37 Å². The summed E-state index contributed by atoms with van der Waals surface area (Å²) in [6, 6.07) is 11.8. The van der Waals surface area contributed by atoms with Gasteiger partial charge >= 0.3 is 0 Å². The van der Waals surface area contributed by atoms with Crippen LogP contribution in [-0.2, 0) is 6.54 Å². The van der Waals surface area contributed by atoms with E-state index in [0.29, 0.717) is 6.54 Å². The van der Waals surface area contributed by atoms with Crippen LogP contribution in [0.1, 0.15) is 15.9 Å². The number of nitrogens with one attached hydrogen (secondary N) is 1. The van der Waals surface area contributed by atoms with Crippen molar-refractivity contribution in [3.05, 3.63) is 78.1 Å². The molecule has 1 amide bonds. The van der Waals surface area contributed by atoms with Crippen molar-refractivity contribution in [1.82, 2.24) is 14.9 Å². The van der Waals surface area contributed by atoms with Crippen LogP contribution in [0.5, 0.6) is 5.75 Å². The Morgan fingerprint density at radius 1 is 1.25 bits per heavy atom. The second kappa shape index (κ2) is 6.95. The Balaban J connectivity index is 1.63. The van der Waals surface area contributed by atoms with Crippen LogP contribution in [0.2, 0.25) is 0 Å². The van der Waals surface area contributed by atoms with Crippen molar-refractivity contribution in [2.45, 2.75) is 6.54 Å². The number of amides is 1. The summed E-state index contributed by atoms with van der Waals surface area (Å²) >= 11 is 0. The van der Waals surface area contributed by atoms with Crippen LogP contribution in [0.3, 0.4) is 0 Å². The van der Waals surface area contributed by atoms with E-state index in [-0.39, 0.29) is 17.2 Å². The second-order valence-electron chi connectivity index (χ2n) is 5.17. The van der Waals surface area contributed by atoms with Crippen molar-refractivity contribution in [1.29, 1.82) is 0 Å². The summed E-state index contributed by atoms with van der Waals surface area (Å²) in [4.78, 5) is 16.1. The number of hydrogen-bond donors (Lipinski definition) is 1. The maximum Gasteiger partial charge on any atom is 0.251 e. The van der Waals surface area contributed by atoms with Crippen LogP contribution >= 0.6 is 0 Å². The monoisotopic (exact) mass is 325 g/mol. The van der Waals surface area contributed by atoms with Crippen LogP contribution < -0.4 is 10.1 Å². The largest absolute Gasteiger partial charge is 0.494 e. The summed E-state index contributed by atoms with van der Waals surface area (Å²) in [7, 11) is 1.38. The van der Waals surface area contributed by atoms with Gasteiger partial charge in [0.05, 0.1) is 13.4 Å². The van der Waals surface area contributed by atoms with Crippen molar-refractivity contribution in [3.8, 4) is 11.4 Å². The highest BCUT2D eigenvalue weighted by atomic mass is 19.1. The third-order valence-electron chi connectivity index (χ3n) is 3.61. The maximum absolute atomic E-state index is 13.6. The van der Waals surface area contributed by atoms with Gasteiger partial charge in [0.15, 0.2) is 11.6 Å². The molecule has 1 heterocycles. The van der Waals surface area contributed by atoms with Gasteiger partial charge in [0, 0.05) is 30.2 Å². The lowest BCUT2D eigenvalue weighted by Crippen LogP contribution is -2.22. The zero-order valence-electron chi connectivity index (χ0n) is 13.1. The molecule has 0 saturated heterocycles. The molecule has 0 radical (unpaired) electrons.